The Morgan fingerprint density at radius 2 is 1.30 bits per heavy atom. The summed E-state index contributed by atoms with van der Waals surface area (Å²) in [5, 5.41) is 2.75. The second-order valence-corrected chi connectivity index (χ2v) is 22.2. The van der Waals surface area contributed by atoms with Crippen LogP contribution in [-0.2, 0) is 0 Å². The summed E-state index contributed by atoms with van der Waals surface area (Å²) in [5.74, 6) is 0. The number of fused-ring (bicyclic) bond motifs is 1. The third-order valence-electron chi connectivity index (χ3n) is 3.14. The van der Waals surface area contributed by atoms with Gasteiger partial charge in [0.15, 0.2) is 0 Å². The van der Waals surface area contributed by atoms with Gasteiger partial charge in [0.05, 0.1) is 0 Å². The number of hydrogen-bond acceptors (Lipinski definition) is 1. The summed E-state index contributed by atoms with van der Waals surface area (Å²) in [6, 6.07) is 15.8. The zero-order valence-corrected chi connectivity index (χ0v) is 17.7. The zero-order chi connectivity index (χ0) is 15.0. The molecule has 20 heavy (non-hydrogen) atoms. The normalized spacial score (nSPS) is 13.2. The van der Waals surface area contributed by atoms with Gasteiger partial charge in [-0.2, -0.15) is 0 Å². The van der Waals surface area contributed by atoms with E-state index in [1.165, 1.54) is 10.8 Å². The van der Waals surface area contributed by atoms with Crippen molar-refractivity contribution >= 4 is 52.0 Å². The Bertz CT molecular complexity index is 585. The first-order valence-electron chi connectivity index (χ1n) is 7.15. The van der Waals surface area contributed by atoms with E-state index in [0.717, 1.165) is 0 Å². The van der Waals surface area contributed by atoms with Gasteiger partial charge in [0.25, 0.3) is 0 Å². The third kappa shape index (κ3) is 3.96. The number of rotatable bonds is 4. The summed E-state index contributed by atoms with van der Waals surface area (Å²) in [4.78, 5) is 0. The monoisotopic (exact) mass is 417 g/mol. The molecule has 0 N–H and O–H groups in total. The molecule has 0 atom stereocenters. The molecule has 0 saturated carbocycles. The van der Waals surface area contributed by atoms with Crippen LogP contribution in [0.2, 0.25) is 39.3 Å². The first kappa shape index (κ1) is 16.3. The quantitative estimate of drug-likeness (QED) is 0.682. The van der Waals surface area contributed by atoms with E-state index in [2.05, 4.69) is 84.2 Å². The Kier molecular flexibility index (Phi) is 4.83. The van der Waals surface area contributed by atoms with Gasteiger partial charge in [0.2, 0.25) is 0 Å². The van der Waals surface area contributed by atoms with Gasteiger partial charge < -0.3 is 0 Å². The van der Waals surface area contributed by atoms with Crippen molar-refractivity contribution in [3.8, 4) is 0 Å². The van der Waals surface area contributed by atoms with Crippen LogP contribution < -0.4 is 3.61 Å². The van der Waals surface area contributed by atoms with Crippen LogP contribution >= 0.6 is 0 Å². The Morgan fingerprint density at radius 3 is 1.85 bits per heavy atom. The second kappa shape index (κ2) is 5.94. The van der Waals surface area contributed by atoms with Gasteiger partial charge in [-0.15, -0.1) is 0 Å². The number of benzene rings is 2. The van der Waals surface area contributed by atoms with E-state index in [4.69, 9.17) is 0 Å². The van der Waals surface area contributed by atoms with Crippen LogP contribution in [0.3, 0.4) is 0 Å². The molecule has 1 nitrogen and oxygen atoms in total. The van der Waals surface area contributed by atoms with E-state index >= 15 is 0 Å². The summed E-state index contributed by atoms with van der Waals surface area (Å²) in [7, 11) is -2.44. The van der Waals surface area contributed by atoms with Crippen molar-refractivity contribution in [2.75, 3.05) is 0 Å². The molecule has 0 aliphatic carbocycles. The topological polar surface area (TPSA) is 3.24 Å². The summed E-state index contributed by atoms with van der Waals surface area (Å²) in [6.07, 6.45) is 0. The van der Waals surface area contributed by atoms with E-state index in [9.17, 15) is 0 Å². The summed E-state index contributed by atoms with van der Waals surface area (Å²) in [5.41, 5.74) is 0. The van der Waals surface area contributed by atoms with Crippen LogP contribution in [0.1, 0.15) is 0 Å². The number of nitrogens with zero attached hydrogens (tertiary/aromatic N) is 1. The van der Waals surface area contributed by atoms with Gasteiger partial charge >= 0.3 is 136 Å². The van der Waals surface area contributed by atoms with Gasteiger partial charge in [-0.3, -0.25) is 0 Å². The molecular formula is C16H25NSi2Te. The van der Waals surface area contributed by atoms with Gasteiger partial charge in [0.1, 0.15) is 0 Å². The molecule has 0 amide bonds. The van der Waals surface area contributed by atoms with Gasteiger partial charge in [0, 0.05) is 0 Å². The first-order valence-corrected chi connectivity index (χ1v) is 16.3. The SMILES string of the molecule is C[Si](C)(C)N([Te]c1ccc2ccccc2c1)[Si](C)(C)C. The molecule has 4 heteroatoms. The van der Waals surface area contributed by atoms with Crippen molar-refractivity contribution in [2.45, 2.75) is 39.3 Å². The molecule has 2 rings (SSSR count). The van der Waals surface area contributed by atoms with Crippen molar-refractivity contribution in [3.05, 3.63) is 42.5 Å². The maximum atomic E-state index is 2.97. The van der Waals surface area contributed by atoms with Crippen molar-refractivity contribution in [1.82, 2.24) is 2.48 Å². The van der Waals surface area contributed by atoms with Crippen LogP contribution in [0.15, 0.2) is 42.5 Å². The molecule has 0 saturated heterocycles. The summed E-state index contributed by atoms with van der Waals surface area (Å²) in [6.45, 7) is 15.0. The fraction of sp³-hybridized carbons (Fsp3) is 0.375. The van der Waals surface area contributed by atoms with Crippen molar-refractivity contribution in [3.63, 3.8) is 0 Å². The second-order valence-electron chi connectivity index (χ2n) is 7.24. The molecule has 0 bridgehead atoms. The zero-order valence-electron chi connectivity index (χ0n) is 13.4. The van der Waals surface area contributed by atoms with E-state index in [0.29, 0.717) is 0 Å². The van der Waals surface area contributed by atoms with E-state index in [-0.39, 0.29) is 21.2 Å². The standard InChI is InChI=1S/C16H25NSi2Te/c1-18(2,3)17(19(4,5)6)20-16-12-11-14-9-7-8-10-15(14)13-16/h7-13H,1-6H3. The molecule has 0 aromatic heterocycles. The molecule has 2 aromatic rings. The molecule has 0 spiro atoms. The van der Waals surface area contributed by atoms with Crippen molar-refractivity contribution < 1.29 is 0 Å². The Balaban J connectivity index is 2.34. The molecule has 2 aromatic carbocycles. The summed E-state index contributed by atoms with van der Waals surface area (Å²) < 4.78 is 4.55. The Labute approximate surface area is 136 Å². The molecule has 108 valence electrons. The van der Waals surface area contributed by atoms with E-state index in [1.807, 2.05) is 0 Å². The fourth-order valence-corrected chi connectivity index (χ4v) is 18.8. The Hall–Kier alpha value is -0.117. The average molecular weight is 415 g/mol. The predicted molar refractivity (Wildman–Crippen MR) is 97.9 cm³/mol. The van der Waals surface area contributed by atoms with Crippen molar-refractivity contribution in [1.29, 1.82) is 0 Å². The molecular weight excluding hydrogens is 390 g/mol. The first-order chi connectivity index (χ1) is 9.18. The molecule has 0 aliphatic heterocycles. The predicted octanol–water partition coefficient (Wildman–Crippen LogP) is 4.06. The number of hydrogen-bond donors (Lipinski definition) is 0. The average Bonchev–Trinajstić information content (AvgIpc) is 2.33. The molecule has 0 aliphatic rings. The minimum absolute atomic E-state index is 0.245. The molecule has 0 unspecified atom stereocenters. The van der Waals surface area contributed by atoms with Crippen LogP contribution in [-0.4, -0.2) is 40.1 Å². The van der Waals surface area contributed by atoms with Crippen LogP contribution in [0, 0.1) is 0 Å². The minimum atomic E-state index is -1.22. The maximum absolute atomic E-state index is 2.97. The van der Waals surface area contributed by atoms with Crippen LogP contribution in [0.25, 0.3) is 10.8 Å². The fourth-order valence-electron chi connectivity index (χ4n) is 2.61. The van der Waals surface area contributed by atoms with Gasteiger partial charge in [-0.1, -0.05) is 0 Å². The van der Waals surface area contributed by atoms with E-state index < -0.39 is 16.5 Å². The van der Waals surface area contributed by atoms with Gasteiger partial charge in [-0.05, 0) is 0 Å². The molecule has 0 heterocycles. The van der Waals surface area contributed by atoms with Gasteiger partial charge in [-0.25, -0.2) is 0 Å². The summed E-state index contributed by atoms with van der Waals surface area (Å²) >= 11 is -0.245. The Morgan fingerprint density at radius 1 is 0.750 bits per heavy atom. The van der Waals surface area contributed by atoms with Crippen molar-refractivity contribution in [2.24, 2.45) is 0 Å². The van der Waals surface area contributed by atoms with Crippen LogP contribution in [0.5, 0.6) is 0 Å². The molecule has 0 fully saturated rings. The van der Waals surface area contributed by atoms with E-state index in [1.54, 1.807) is 3.61 Å². The van der Waals surface area contributed by atoms with Crippen LogP contribution in [0.4, 0.5) is 0 Å². The molecule has 0 radical (unpaired) electrons. The third-order valence-corrected chi connectivity index (χ3v) is 22.0.